The van der Waals surface area contributed by atoms with E-state index in [-0.39, 0.29) is 11.8 Å². The molecule has 6 aromatic rings. The molecule has 3 heteroatoms. The van der Waals surface area contributed by atoms with Crippen LogP contribution in [0.15, 0.2) is 115 Å². The van der Waals surface area contributed by atoms with Crippen molar-refractivity contribution in [2.24, 2.45) is 5.92 Å². The summed E-state index contributed by atoms with van der Waals surface area (Å²) >= 11 is 0. The minimum absolute atomic E-state index is 0.0541. The molecular weight excluding hydrogens is 498 g/mol. The molecule has 2 aliphatic rings. The van der Waals surface area contributed by atoms with Gasteiger partial charge in [-0.15, -0.1) is 0 Å². The highest BCUT2D eigenvalue weighted by Crippen LogP contribution is 2.46. The molecule has 0 spiro atoms. The van der Waals surface area contributed by atoms with Crippen molar-refractivity contribution in [3.05, 3.63) is 138 Å². The van der Waals surface area contributed by atoms with E-state index in [4.69, 9.17) is 0 Å². The number of allylic oxidation sites excluding steroid dienone is 5. The summed E-state index contributed by atoms with van der Waals surface area (Å²) in [6.45, 7) is 2.30. The molecule has 2 atom stereocenters. The largest absolute Gasteiger partial charge is 0.313 e. The highest BCUT2D eigenvalue weighted by atomic mass is 15.0. The summed E-state index contributed by atoms with van der Waals surface area (Å²) in [6.07, 6.45) is 13.4. The molecule has 2 aliphatic carbocycles. The highest BCUT2D eigenvalue weighted by Gasteiger charge is 2.31. The van der Waals surface area contributed by atoms with Crippen molar-refractivity contribution in [2.75, 3.05) is 0 Å². The molecule has 0 bridgehead atoms. The number of fused-ring (bicyclic) bond motifs is 6. The Morgan fingerprint density at radius 3 is 2.15 bits per heavy atom. The van der Waals surface area contributed by atoms with Gasteiger partial charge in [0, 0.05) is 44.7 Å². The second-order valence-electron chi connectivity index (χ2n) is 11.2. The monoisotopic (exact) mass is 527 g/mol. The van der Waals surface area contributed by atoms with Crippen LogP contribution in [-0.4, -0.2) is 9.13 Å². The molecule has 8 rings (SSSR count). The predicted molar refractivity (Wildman–Crippen MR) is 170 cm³/mol. The molecule has 3 nitrogen and oxygen atoms in total. The van der Waals surface area contributed by atoms with Crippen molar-refractivity contribution < 1.29 is 0 Å². The number of para-hydroxylation sites is 3. The van der Waals surface area contributed by atoms with Crippen molar-refractivity contribution in [1.82, 2.24) is 9.13 Å². The molecule has 2 heterocycles. The first-order valence-electron chi connectivity index (χ1n) is 14.4. The van der Waals surface area contributed by atoms with Crippen molar-refractivity contribution in [3.63, 3.8) is 0 Å². The number of rotatable bonds is 3. The van der Waals surface area contributed by atoms with Crippen LogP contribution in [0.4, 0.5) is 0 Å². The Morgan fingerprint density at radius 1 is 0.780 bits per heavy atom. The lowest BCUT2D eigenvalue weighted by Crippen LogP contribution is -2.19. The number of hydrogen-bond acceptors (Lipinski definition) is 1. The molecule has 0 N–H and O–H groups in total. The zero-order valence-corrected chi connectivity index (χ0v) is 23.0. The van der Waals surface area contributed by atoms with Crippen LogP contribution in [0.1, 0.15) is 41.6 Å². The van der Waals surface area contributed by atoms with Gasteiger partial charge in [-0.05, 0) is 66.8 Å². The molecule has 0 amide bonds. The summed E-state index contributed by atoms with van der Waals surface area (Å²) in [5.74, 6) is 0.290. The molecule has 4 aromatic carbocycles. The molecular formula is C38H29N3. The van der Waals surface area contributed by atoms with E-state index in [0.717, 1.165) is 18.5 Å². The lowest BCUT2D eigenvalue weighted by Gasteiger charge is -2.32. The lowest BCUT2D eigenvalue weighted by atomic mass is 9.80. The van der Waals surface area contributed by atoms with E-state index in [1.165, 1.54) is 55.2 Å². The van der Waals surface area contributed by atoms with Gasteiger partial charge in [0.2, 0.25) is 0 Å². The Hall–Kier alpha value is -5.07. The minimum Gasteiger partial charge on any atom is -0.313 e. The van der Waals surface area contributed by atoms with Gasteiger partial charge >= 0.3 is 0 Å². The van der Waals surface area contributed by atoms with Crippen LogP contribution < -0.4 is 0 Å². The Bertz CT molecular complexity index is 2090. The first-order valence-corrected chi connectivity index (χ1v) is 14.4. The first kappa shape index (κ1) is 23.8. The van der Waals surface area contributed by atoms with Crippen molar-refractivity contribution >= 4 is 44.5 Å². The van der Waals surface area contributed by atoms with Gasteiger partial charge in [-0.2, -0.15) is 5.26 Å². The summed E-state index contributed by atoms with van der Waals surface area (Å²) in [5, 5.41) is 13.8. The predicted octanol–water partition coefficient (Wildman–Crippen LogP) is 9.40. The third-order valence-electron chi connectivity index (χ3n) is 8.95. The quantitative estimate of drug-likeness (QED) is 0.226. The number of nitriles is 1. The summed E-state index contributed by atoms with van der Waals surface area (Å²) in [4.78, 5) is 0. The zero-order valence-electron chi connectivity index (χ0n) is 23.0. The van der Waals surface area contributed by atoms with Crippen LogP contribution in [0.3, 0.4) is 0 Å². The SMILES string of the molecule is CC1C=CC=C(n2c3ccccc3c3ccccc32)C1c1cc(C#N)ccc1-n1c2c(c3ccccc31)C=CCC2. The number of hydrogen-bond donors (Lipinski definition) is 0. The molecule has 0 fully saturated rings. The van der Waals surface area contributed by atoms with Crippen LogP contribution in [-0.2, 0) is 6.42 Å². The Balaban J connectivity index is 1.43. The Labute approximate surface area is 239 Å². The van der Waals surface area contributed by atoms with Gasteiger partial charge in [0.15, 0.2) is 0 Å². The zero-order chi connectivity index (χ0) is 27.5. The van der Waals surface area contributed by atoms with Gasteiger partial charge in [0.1, 0.15) is 0 Å². The standard InChI is InChI=1S/C38H29N3/c1-25-11-10-20-37(41-34-18-8-4-14-29(34)30-15-5-9-19-35(30)41)38(25)31-23-26(24-39)21-22-36(31)40-32-16-6-2-12-27(32)28-13-3-7-17-33(28)40/h2-6,8-16,18-23,25,38H,7,17H2,1H3. The molecule has 0 radical (unpaired) electrons. The molecule has 0 saturated carbocycles. The van der Waals surface area contributed by atoms with Crippen LogP contribution >= 0.6 is 0 Å². The van der Waals surface area contributed by atoms with Gasteiger partial charge in [-0.25, -0.2) is 0 Å². The Kier molecular flexibility index (Phi) is 5.37. The molecule has 2 aromatic heterocycles. The molecule has 0 aliphatic heterocycles. The summed E-state index contributed by atoms with van der Waals surface area (Å²) in [7, 11) is 0. The van der Waals surface area contributed by atoms with Crippen LogP contribution in [0.5, 0.6) is 0 Å². The molecule has 41 heavy (non-hydrogen) atoms. The van der Waals surface area contributed by atoms with E-state index in [1.807, 2.05) is 6.07 Å². The Morgan fingerprint density at radius 2 is 1.44 bits per heavy atom. The van der Waals surface area contributed by atoms with Crippen LogP contribution in [0, 0.1) is 17.2 Å². The van der Waals surface area contributed by atoms with E-state index in [0.29, 0.717) is 5.56 Å². The lowest BCUT2D eigenvalue weighted by molar-refractivity contribution is 0.629. The van der Waals surface area contributed by atoms with Crippen molar-refractivity contribution in [2.45, 2.75) is 25.7 Å². The second-order valence-corrected chi connectivity index (χ2v) is 11.2. The topological polar surface area (TPSA) is 33.6 Å². The average molecular weight is 528 g/mol. The fourth-order valence-electron chi connectivity index (χ4n) is 7.19. The average Bonchev–Trinajstić information content (AvgIpc) is 3.54. The summed E-state index contributed by atoms with van der Waals surface area (Å²) < 4.78 is 4.92. The van der Waals surface area contributed by atoms with Gasteiger partial charge in [0.05, 0.1) is 28.2 Å². The van der Waals surface area contributed by atoms with E-state index < -0.39 is 0 Å². The van der Waals surface area contributed by atoms with Gasteiger partial charge in [0.25, 0.3) is 0 Å². The van der Waals surface area contributed by atoms with Crippen molar-refractivity contribution in [3.8, 4) is 11.8 Å². The van der Waals surface area contributed by atoms with E-state index in [1.54, 1.807) is 0 Å². The first-order chi connectivity index (χ1) is 20.2. The van der Waals surface area contributed by atoms with E-state index in [2.05, 4.69) is 137 Å². The van der Waals surface area contributed by atoms with Crippen LogP contribution in [0.25, 0.3) is 50.2 Å². The maximum absolute atomic E-state index is 10.0. The maximum atomic E-state index is 10.0. The fraction of sp³-hybridized carbons (Fsp3) is 0.132. The summed E-state index contributed by atoms with van der Waals surface area (Å²) in [6, 6.07) is 34.9. The van der Waals surface area contributed by atoms with Gasteiger partial charge in [-0.1, -0.05) is 85.8 Å². The van der Waals surface area contributed by atoms with Crippen LogP contribution in [0.2, 0.25) is 0 Å². The fourth-order valence-corrected chi connectivity index (χ4v) is 7.19. The third-order valence-corrected chi connectivity index (χ3v) is 8.95. The summed E-state index contributed by atoms with van der Waals surface area (Å²) in [5.41, 5.74) is 10.6. The molecule has 196 valence electrons. The normalized spacial score (nSPS) is 18.1. The smallest absolute Gasteiger partial charge is 0.0991 e. The second kappa shape index (κ2) is 9.25. The number of benzene rings is 4. The number of aromatic nitrogens is 2. The maximum Gasteiger partial charge on any atom is 0.0991 e. The van der Waals surface area contributed by atoms with Gasteiger partial charge < -0.3 is 9.13 Å². The number of nitrogens with zero attached hydrogens (tertiary/aromatic N) is 3. The minimum atomic E-state index is 0.0541. The van der Waals surface area contributed by atoms with E-state index in [9.17, 15) is 5.26 Å². The molecule has 2 unspecified atom stereocenters. The van der Waals surface area contributed by atoms with Crippen molar-refractivity contribution in [1.29, 1.82) is 5.26 Å². The third kappa shape index (κ3) is 3.51. The molecule has 0 saturated heterocycles. The van der Waals surface area contributed by atoms with E-state index >= 15 is 0 Å². The highest BCUT2D eigenvalue weighted by molar-refractivity contribution is 6.10. The van der Waals surface area contributed by atoms with Gasteiger partial charge in [-0.3, -0.25) is 0 Å².